The number of hydrogen-bond donors (Lipinski definition) is 1. The summed E-state index contributed by atoms with van der Waals surface area (Å²) in [6.07, 6.45) is 1.75. The molecular weight excluding hydrogens is 318 g/mol. The van der Waals surface area contributed by atoms with Gasteiger partial charge in [-0.05, 0) is 44.0 Å². The highest BCUT2D eigenvalue weighted by molar-refractivity contribution is 5.93. The number of rotatable bonds is 6. The Morgan fingerprint density at radius 3 is 3.04 bits per heavy atom. The van der Waals surface area contributed by atoms with Crippen LogP contribution in [-0.2, 0) is 17.7 Å². The molecule has 1 aromatic carbocycles. The van der Waals surface area contributed by atoms with E-state index in [4.69, 9.17) is 4.74 Å². The minimum Gasteiger partial charge on any atom is -0.385 e. The van der Waals surface area contributed by atoms with Crippen molar-refractivity contribution in [2.24, 2.45) is 0 Å². The van der Waals surface area contributed by atoms with Gasteiger partial charge in [0.15, 0.2) is 5.69 Å². The van der Waals surface area contributed by atoms with E-state index in [1.165, 1.54) is 11.1 Å². The molecule has 2 heterocycles. The van der Waals surface area contributed by atoms with Crippen LogP contribution >= 0.6 is 0 Å². The van der Waals surface area contributed by atoms with Crippen LogP contribution in [0.4, 0.5) is 0 Å². The number of likely N-dealkylation sites (N-methyl/N-ethyl adjacent to an activating group) is 1. The van der Waals surface area contributed by atoms with Crippen molar-refractivity contribution in [2.75, 3.05) is 33.9 Å². The summed E-state index contributed by atoms with van der Waals surface area (Å²) in [5, 5.41) is 11.2. The Labute approximate surface area is 148 Å². The van der Waals surface area contributed by atoms with Gasteiger partial charge in [-0.2, -0.15) is 0 Å². The lowest BCUT2D eigenvalue weighted by molar-refractivity contribution is 0.0943. The fourth-order valence-electron chi connectivity index (χ4n) is 3.20. The molecule has 1 aliphatic heterocycles. The van der Waals surface area contributed by atoms with Crippen LogP contribution in [0.15, 0.2) is 18.2 Å². The second-order valence-electron chi connectivity index (χ2n) is 6.44. The van der Waals surface area contributed by atoms with E-state index in [0.717, 1.165) is 37.3 Å². The van der Waals surface area contributed by atoms with Crippen LogP contribution in [0.25, 0.3) is 5.69 Å². The van der Waals surface area contributed by atoms with Crippen LogP contribution in [0.2, 0.25) is 0 Å². The molecule has 0 atom stereocenters. The molecule has 0 radical (unpaired) electrons. The summed E-state index contributed by atoms with van der Waals surface area (Å²) < 4.78 is 6.77. The largest absolute Gasteiger partial charge is 0.385 e. The maximum absolute atomic E-state index is 12.3. The second kappa shape index (κ2) is 7.76. The molecule has 2 aromatic rings. The predicted molar refractivity (Wildman–Crippen MR) is 95.0 cm³/mol. The van der Waals surface area contributed by atoms with Crippen LogP contribution in [-0.4, -0.2) is 59.7 Å². The number of nitrogens with one attached hydrogen (secondary N) is 1. The zero-order chi connectivity index (χ0) is 17.8. The van der Waals surface area contributed by atoms with Crippen LogP contribution in [0, 0.1) is 6.92 Å². The smallest absolute Gasteiger partial charge is 0.273 e. The number of nitrogens with zero attached hydrogens (tertiary/aromatic N) is 4. The number of carbonyl (C=O) groups is 1. The van der Waals surface area contributed by atoms with Crippen molar-refractivity contribution in [3.05, 3.63) is 40.7 Å². The molecule has 1 aliphatic rings. The molecule has 1 N–H and O–H groups in total. The molecule has 0 saturated heterocycles. The van der Waals surface area contributed by atoms with Crippen LogP contribution < -0.4 is 5.32 Å². The van der Waals surface area contributed by atoms with Gasteiger partial charge in [0.25, 0.3) is 5.91 Å². The topological polar surface area (TPSA) is 72.3 Å². The van der Waals surface area contributed by atoms with Crippen molar-refractivity contribution in [3.8, 4) is 5.69 Å². The quantitative estimate of drug-likeness (QED) is 0.801. The zero-order valence-corrected chi connectivity index (χ0v) is 15.1. The van der Waals surface area contributed by atoms with Gasteiger partial charge in [0.05, 0.1) is 11.4 Å². The molecule has 0 saturated carbocycles. The number of fused-ring (bicyclic) bond motifs is 1. The van der Waals surface area contributed by atoms with E-state index in [-0.39, 0.29) is 5.91 Å². The van der Waals surface area contributed by atoms with E-state index in [2.05, 4.69) is 33.6 Å². The number of benzene rings is 1. The van der Waals surface area contributed by atoms with Crippen LogP contribution in [0.5, 0.6) is 0 Å². The minimum atomic E-state index is -0.190. The van der Waals surface area contributed by atoms with E-state index in [1.807, 2.05) is 19.1 Å². The van der Waals surface area contributed by atoms with E-state index in [1.54, 1.807) is 11.8 Å². The third-order valence-electron chi connectivity index (χ3n) is 4.58. The molecule has 0 bridgehead atoms. The number of methoxy groups -OCH3 is 1. The van der Waals surface area contributed by atoms with Gasteiger partial charge in [-0.25, -0.2) is 4.68 Å². The number of ether oxygens (including phenoxy) is 1. The fourth-order valence-corrected chi connectivity index (χ4v) is 3.20. The van der Waals surface area contributed by atoms with Crippen molar-refractivity contribution in [1.82, 2.24) is 25.2 Å². The Morgan fingerprint density at radius 2 is 2.24 bits per heavy atom. The van der Waals surface area contributed by atoms with Gasteiger partial charge >= 0.3 is 0 Å². The normalized spacial score (nSPS) is 14.4. The van der Waals surface area contributed by atoms with E-state index in [0.29, 0.717) is 18.8 Å². The van der Waals surface area contributed by atoms with E-state index in [9.17, 15) is 4.79 Å². The highest BCUT2D eigenvalue weighted by Crippen LogP contribution is 2.25. The summed E-state index contributed by atoms with van der Waals surface area (Å²) in [6.45, 7) is 5.02. The molecule has 0 aliphatic carbocycles. The maximum atomic E-state index is 12.3. The zero-order valence-electron chi connectivity index (χ0n) is 15.1. The standard InChI is InChI=1S/C18H25N5O2/c1-13-17(18(24)19-9-5-11-25-3)20-21-23(13)16-7-4-6-14-12-22(2)10-8-15(14)16/h4,6-7H,5,8-12H2,1-3H3,(H,19,24). The lowest BCUT2D eigenvalue weighted by Gasteiger charge is -2.26. The average molecular weight is 343 g/mol. The summed E-state index contributed by atoms with van der Waals surface area (Å²) in [6, 6.07) is 6.25. The minimum absolute atomic E-state index is 0.190. The first-order chi connectivity index (χ1) is 12.1. The fraction of sp³-hybridized carbons (Fsp3) is 0.500. The van der Waals surface area contributed by atoms with Crippen molar-refractivity contribution in [3.63, 3.8) is 0 Å². The van der Waals surface area contributed by atoms with Gasteiger partial charge < -0.3 is 15.0 Å². The van der Waals surface area contributed by atoms with Crippen LogP contribution in [0.3, 0.4) is 0 Å². The first-order valence-corrected chi connectivity index (χ1v) is 8.61. The van der Waals surface area contributed by atoms with Gasteiger partial charge in [0.2, 0.25) is 0 Å². The lowest BCUT2D eigenvalue weighted by Crippen LogP contribution is -2.28. The highest BCUT2D eigenvalue weighted by atomic mass is 16.5. The molecule has 0 fully saturated rings. The third kappa shape index (κ3) is 3.72. The molecule has 0 unspecified atom stereocenters. The summed E-state index contributed by atoms with van der Waals surface area (Å²) in [5.74, 6) is -0.190. The molecule has 1 amide bonds. The molecular formula is C18H25N5O2. The Kier molecular flexibility index (Phi) is 5.45. The molecule has 7 nitrogen and oxygen atoms in total. The summed E-state index contributed by atoms with van der Waals surface area (Å²) in [5.41, 5.74) is 4.76. The summed E-state index contributed by atoms with van der Waals surface area (Å²) in [4.78, 5) is 14.6. The molecule has 0 spiro atoms. The van der Waals surface area contributed by atoms with Gasteiger partial charge in [-0.3, -0.25) is 4.79 Å². The van der Waals surface area contributed by atoms with Crippen molar-refractivity contribution < 1.29 is 9.53 Å². The van der Waals surface area contributed by atoms with Crippen molar-refractivity contribution in [1.29, 1.82) is 0 Å². The Bertz CT molecular complexity index is 756. The Hall–Kier alpha value is -2.25. The summed E-state index contributed by atoms with van der Waals surface area (Å²) >= 11 is 0. The van der Waals surface area contributed by atoms with Crippen LogP contribution in [0.1, 0.15) is 33.7 Å². The highest BCUT2D eigenvalue weighted by Gasteiger charge is 2.21. The van der Waals surface area contributed by atoms with Gasteiger partial charge in [0, 0.05) is 33.4 Å². The maximum Gasteiger partial charge on any atom is 0.273 e. The summed E-state index contributed by atoms with van der Waals surface area (Å²) in [7, 11) is 3.78. The lowest BCUT2D eigenvalue weighted by atomic mass is 9.98. The number of aromatic nitrogens is 3. The Balaban J connectivity index is 1.82. The molecule has 25 heavy (non-hydrogen) atoms. The third-order valence-corrected chi connectivity index (χ3v) is 4.58. The first kappa shape index (κ1) is 17.6. The molecule has 7 heteroatoms. The number of carbonyl (C=O) groups excluding carboxylic acids is 1. The molecule has 3 rings (SSSR count). The number of hydrogen-bond acceptors (Lipinski definition) is 5. The second-order valence-corrected chi connectivity index (χ2v) is 6.44. The van der Waals surface area contributed by atoms with E-state index >= 15 is 0 Å². The van der Waals surface area contributed by atoms with Gasteiger partial charge in [0.1, 0.15) is 0 Å². The van der Waals surface area contributed by atoms with E-state index < -0.39 is 0 Å². The van der Waals surface area contributed by atoms with Crippen molar-refractivity contribution in [2.45, 2.75) is 26.3 Å². The molecule has 1 aromatic heterocycles. The van der Waals surface area contributed by atoms with Crippen molar-refractivity contribution >= 4 is 5.91 Å². The first-order valence-electron chi connectivity index (χ1n) is 8.61. The monoisotopic (exact) mass is 343 g/mol. The predicted octanol–water partition coefficient (Wildman–Crippen LogP) is 1.33. The average Bonchev–Trinajstić information content (AvgIpc) is 2.99. The SMILES string of the molecule is COCCCNC(=O)c1nnn(-c2cccc3c2CCN(C)C3)c1C. The van der Waals surface area contributed by atoms with Gasteiger partial charge in [-0.15, -0.1) is 5.10 Å². The number of amides is 1. The molecule has 134 valence electrons. The van der Waals surface area contributed by atoms with Gasteiger partial charge in [-0.1, -0.05) is 17.3 Å². The Morgan fingerprint density at radius 1 is 1.40 bits per heavy atom.